The minimum absolute atomic E-state index is 0.0531. The first-order chi connectivity index (χ1) is 17.1. The zero-order valence-corrected chi connectivity index (χ0v) is 19.7. The Bertz CT molecular complexity index is 1270. The van der Waals surface area contributed by atoms with Crippen LogP contribution in [0.3, 0.4) is 0 Å². The summed E-state index contributed by atoms with van der Waals surface area (Å²) in [4.78, 5) is 29.0. The first-order valence-electron chi connectivity index (χ1n) is 11.5. The fraction of sp³-hybridized carbons (Fsp3) is 0.391. The first kappa shape index (κ1) is 23.5. The second-order valence-corrected chi connectivity index (χ2v) is 9.56. The van der Waals surface area contributed by atoms with Gasteiger partial charge in [0.1, 0.15) is 10.8 Å². The SMILES string of the molecule is O=C1CSc2ncc(CNC3CCC(NCc4c(F)cnc5ccc(/C=N/O)nc45)CC3)nc2N1. The lowest BCUT2D eigenvalue weighted by Crippen LogP contribution is -2.39. The van der Waals surface area contributed by atoms with Crippen LogP contribution < -0.4 is 16.0 Å². The number of thioether (sulfide) groups is 1. The second-order valence-electron chi connectivity index (χ2n) is 8.60. The second kappa shape index (κ2) is 10.6. The third-order valence-corrected chi connectivity index (χ3v) is 7.21. The van der Waals surface area contributed by atoms with Gasteiger partial charge in [0.2, 0.25) is 5.91 Å². The lowest BCUT2D eigenvalue weighted by molar-refractivity contribution is -0.113. The van der Waals surface area contributed by atoms with E-state index in [1.807, 2.05) is 0 Å². The molecule has 0 unspecified atom stereocenters. The number of anilines is 1. The normalized spacial score (nSPS) is 20.2. The van der Waals surface area contributed by atoms with Gasteiger partial charge in [-0.1, -0.05) is 16.9 Å². The summed E-state index contributed by atoms with van der Waals surface area (Å²) < 4.78 is 14.6. The van der Waals surface area contributed by atoms with Gasteiger partial charge in [-0.3, -0.25) is 9.78 Å². The highest BCUT2D eigenvalue weighted by Gasteiger charge is 2.23. The molecule has 1 saturated carbocycles. The Balaban J connectivity index is 1.14. The molecule has 1 aliphatic carbocycles. The Kier molecular flexibility index (Phi) is 7.11. The van der Waals surface area contributed by atoms with Crippen molar-refractivity contribution in [3.05, 3.63) is 47.3 Å². The van der Waals surface area contributed by atoms with Crippen molar-refractivity contribution in [3.63, 3.8) is 0 Å². The molecule has 0 radical (unpaired) electrons. The molecule has 1 amide bonds. The van der Waals surface area contributed by atoms with Crippen molar-refractivity contribution in [1.29, 1.82) is 0 Å². The van der Waals surface area contributed by atoms with Crippen LogP contribution in [0.5, 0.6) is 0 Å². The highest BCUT2D eigenvalue weighted by atomic mass is 32.2. The molecule has 1 aliphatic heterocycles. The Hall–Kier alpha value is -3.22. The number of amides is 1. The summed E-state index contributed by atoms with van der Waals surface area (Å²) in [6.07, 6.45) is 8.06. The molecule has 3 aromatic heterocycles. The molecule has 0 spiro atoms. The molecular weight excluding hydrogens is 471 g/mol. The number of carbonyl (C=O) groups excluding carboxylic acids is 1. The van der Waals surface area contributed by atoms with Crippen molar-refractivity contribution in [2.24, 2.45) is 5.16 Å². The van der Waals surface area contributed by atoms with E-state index >= 15 is 0 Å². The van der Waals surface area contributed by atoms with Crippen molar-refractivity contribution >= 4 is 40.7 Å². The number of halogens is 1. The highest BCUT2D eigenvalue weighted by Crippen LogP contribution is 2.27. The minimum atomic E-state index is -0.410. The fourth-order valence-corrected chi connectivity index (χ4v) is 5.10. The van der Waals surface area contributed by atoms with Gasteiger partial charge in [0.15, 0.2) is 5.82 Å². The zero-order valence-electron chi connectivity index (χ0n) is 18.9. The number of hydrogen-bond acceptors (Lipinski definition) is 10. The van der Waals surface area contributed by atoms with E-state index in [0.717, 1.165) is 36.4 Å². The van der Waals surface area contributed by atoms with E-state index in [9.17, 15) is 9.18 Å². The molecule has 0 bridgehead atoms. The summed E-state index contributed by atoms with van der Waals surface area (Å²) in [5.41, 5.74) is 2.75. The van der Waals surface area contributed by atoms with E-state index in [-0.39, 0.29) is 11.9 Å². The lowest BCUT2D eigenvalue weighted by Gasteiger charge is -2.30. The van der Waals surface area contributed by atoms with Gasteiger partial charge in [-0.2, -0.15) is 0 Å². The average molecular weight is 497 g/mol. The average Bonchev–Trinajstić information content (AvgIpc) is 2.87. The summed E-state index contributed by atoms with van der Waals surface area (Å²) in [5, 5.41) is 22.3. The van der Waals surface area contributed by atoms with E-state index in [0.29, 0.717) is 53.0 Å². The van der Waals surface area contributed by atoms with Crippen molar-refractivity contribution in [3.8, 4) is 0 Å². The van der Waals surface area contributed by atoms with E-state index in [1.165, 1.54) is 24.2 Å². The van der Waals surface area contributed by atoms with Crippen LogP contribution in [0.1, 0.15) is 42.6 Å². The predicted molar refractivity (Wildman–Crippen MR) is 130 cm³/mol. The molecule has 1 fully saturated rings. The summed E-state index contributed by atoms with van der Waals surface area (Å²) in [6, 6.07) is 4.03. The summed E-state index contributed by atoms with van der Waals surface area (Å²) in [5.74, 6) is 0.449. The van der Waals surface area contributed by atoms with Crippen LogP contribution >= 0.6 is 11.8 Å². The molecule has 4 heterocycles. The molecule has 2 aliphatic rings. The standard InChI is InChI=1S/C23H25FN8O2S/c24-18-11-27-19-6-5-15(9-29-34)30-21(19)17(18)10-26-14-3-1-13(2-4-14)25-7-16-8-28-23-22(31-16)32-20(33)12-35-23/h5-6,8-9,11,13-14,25-26,34H,1-4,7,10,12H2,(H,31,32,33)/b29-9+. The molecule has 5 rings (SSSR count). The van der Waals surface area contributed by atoms with Crippen molar-refractivity contribution in [1.82, 2.24) is 30.6 Å². The van der Waals surface area contributed by atoms with Crippen LogP contribution in [0.25, 0.3) is 11.0 Å². The Labute approximate surface area is 205 Å². The largest absolute Gasteiger partial charge is 0.411 e. The number of oxime groups is 1. The zero-order chi connectivity index (χ0) is 24.2. The number of hydrogen-bond donors (Lipinski definition) is 4. The molecule has 0 aromatic carbocycles. The maximum Gasteiger partial charge on any atom is 0.236 e. The quantitative estimate of drug-likeness (QED) is 0.221. The van der Waals surface area contributed by atoms with Crippen LogP contribution in [-0.4, -0.2) is 55.1 Å². The monoisotopic (exact) mass is 496 g/mol. The molecule has 4 N–H and O–H groups in total. The van der Waals surface area contributed by atoms with Gasteiger partial charge >= 0.3 is 0 Å². The minimum Gasteiger partial charge on any atom is -0.411 e. The van der Waals surface area contributed by atoms with Crippen LogP contribution in [0, 0.1) is 5.82 Å². The molecule has 182 valence electrons. The molecule has 35 heavy (non-hydrogen) atoms. The maximum atomic E-state index is 14.6. The summed E-state index contributed by atoms with van der Waals surface area (Å²) in [7, 11) is 0. The van der Waals surface area contributed by atoms with Crippen LogP contribution in [0.15, 0.2) is 34.7 Å². The highest BCUT2D eigenvalue weighted by molar-refractivity contribution is 8.00. The Morgan fingerprint density at radius 1 is 1.11 bits per heavy atom. The molecule has 0 saturated heterocycles. The van der Waals surface area contributed by atoms with Crippen molar-refractivity contribution in [2.45, 2.75) is 55.9 Å². The summed E-state index contributed by atoms with van der Waals surface area (Å²) >= 11 is 1.40. The maximum absolute atomic E-state index is 14.6. The number of pyridine rings is 2. The van der Waals surface area contributed by atoms with Gasteiger partial charge in [0.05, 0.1) is 46.8 Å². The lowest BCUT2D eigenvalue weighted by atomic mass is 9.91. The van der Waals surface area contributed by atoms with E-state index in [4.69, 9.17) is 5.21 Å². The fourth-order valence-electron chi connectivity index (χ4n) is 4.40. The number of aromatic nitrogens is 4. The molecular formula is C23H25FN8O2S. The van der Waals surface area contributed by atoms with Gasteiger partial charge < -0.3 is 21.2 Å². The van der Waals surface area contributed by atoms with Crippen LogP contribution in [0.4, 0.5) is 10.2 Å². The molecule has 10 nitrogen and oxygen atoms in total. The molecule has 0 atom stereocenters. The van der Waals surface area contributed by atoms with E-state index < -0.39 is 5.82 Å². The Morgan fingerprint density at radius 2 is 1.89 bits per heavy atom. The van der Waals surface area contributed by atoms with E-state index in [2.05, 4.69) is 41.0 Å². The van der Waals surface area contributed by atoms with Gasteiger partial charge in [-0.25, -0.2) is 19.3 Å². The van der Waals surface area contributed by atoms with Crippen molar-refractivity contribution in [2.75, 3.05) is 11.1 Å². The van der Waals surface area contributed by atoms with Gasteiger partial charge in [-0.15, -0.1) is 0 Å². The van der Waals surface area contributed by atoms with Crippen LogP contribution in [-0.2, 0) is 17.9 Å². The predicted octanol–water partition coefficient (Wildman–Crippen LogP) is 2.60. The number of nitrogens with zero attached hydrogens (tertiary/aromatic N) is 5. The number of carbonyl (C=O) groups is 1. The third-order valence-electron chi connectivity index (χ3n) is 6.23. The van der Waals surface area contributed by atoms with Crippen LogP contribution in [0.2, 0.25) is 0 Å². The van der Waals surface area contributed by atoms with Gasteiger partial charge in [0.25, 0.3) is 0 Å². The Morgan fingerprint density at radius 3 is 2.66 bits per heavy atom. The number of nitrogens with one attached hydrogen (secondary N) is 3. The third kappa shape index (κ3) is 5.55. The van der Waals surface area contributed by atoms with Gasteiger partial charge in [0, 0.05) is 30.7 Å². The topological polar surface area (TPSA) is 137 Å². The molecule has 3 aromatic rings. The molecule has 12 heteroatoms. The smallest absolute Gasteiger partial charge is 0.236 e. The first-order valence-corrected chi connectivity index (χ1v) is 12.4. The summed E-state index contributed by atoms with van der Waals surface area (Å²) in [6.45, 7) is 0.928. The van der Waals surface area contributed by atoms with Crippen molar-refractivity contribution < 1.29 is 14.4 Å². The van der Waals surface area contributed by atoms with E-state index in [1.54, 1.807) is 18.3 Å². The number of rotatable bonds is 7. The van der Waals surface area contributed by atoms with Gasteiger partial charge in [-0.05, 0) is 37.8 Å². The number of fused-ring (bicyclic) bond motifs is 2.